The van der Waals surface area contributed by atoms with Gasteiger partial charge < -0.3 is 5.11 Å². The zero-order valence-electron chi connectivity index (χ0n) is 15.3. The largest absolute Gasteiger partial charge is 0.417 e. The van der Waals surface area contributed by atoms with Gasteiger partial charge in [-0.15, -0.1) is 0 Å². The monoisotopic (exact) mass is 403 g/mol. The Hall–Kier alpha value is -3.38. The number of carbonyl (C=O) groups is 2. The number of hydrogen-bond acceptors (Lipinski definition) is 4. The van der Waals surface area contributed by atoms with E-state index < -0.39 is 41.4 Å². The van der Waals surface area contributed by atoms with Gasteiger partial charge in [0, 0.05) is 5.69 Å². The quantitative estimate of drug-likeness (QED) is 0.789. The first-order valence-electron chi connectivity index (χ1n) is 8.67. The number of aliphatic hydroxyl groups excluding tert-OH is 1. The van der Waals surface area contributed by atoms with E-state index >= 15 is 0 Å². The molecule has 0 aliphatic carbocycles. The van der Waals surface area contributed by atoms with Crippen molar-refractivity contribution >= 4 is 23.3 Å². The molecule has 6 nitrogen and oxygen atoms in total. The fourth-order valence-electron chi connectivity index (χ4n) is 3.40. The van der Waals surface area contributed by atoms with Crippen LogP contribution in [-0.4, -0.2) is 29.2 Å². The van der Waals surface area contributed by atoms with Crippen LogP contribution in [0.1, 0.15) is 24.5 Å². The number of benzene rings is 2. The number of anilines is 2. The van der Waals surface area contributed by atoms with Crippen molar-refractivity contribution in [3.63, 3.8) is 0 Å². The van der Waals surface area contributed by atoms with Crippen LogP contribution in [0.15, 0.2) is 48.5 Å². The highest BCUT2D eigenvalue weighted by Gasteiger charge is 2.57. The summed E-state index contributed by atoms with van der Waals surface area (Å²) in [4.78, 5) is 28.0. The van der Waals surface area contributed by atoms with Crippen LogP contribution < -0.4 is 9.80 Å². The highest BCUT2D eigenvalue weighted by Crippen LogP contribution is 2.40. The molecule has 9 heteroatoms. The Labute approximate surface area is 164 Å². The number of rotatable bonds is 4. The zero-order chi connectivity index (χ0) is 21.4. The molecule has 1 N–H and O–H groups in total. The Morgan fingerprint density at radius 3 is 2.28 bits per heavy atom. The minimum atomic E-state index is -4.84. The number of hydrogen-bond donors (Lipinski definition) is 1. The minimum Gasteiger partial charge on any atom is -0.393 e. The van der Waals surface area contributed by atoms with Gasteiger partial charge in [0.25, 0.3) is 5.91 Å². The van der Waals surface area contributed by atoms with Crippen molar-refractivity contribution in [3.05, 3.63) is 59.7 Å². The van der Waals surface area contributed by atoms with Crippen LogP contribution >= 0.6 is 0 Å². The van der Waals surface area contributed by atoms with Gasteiger partial charge in [-0.25, -0.2) is 9.69 Å². The number of carbonyl (C=O) groups excluding carboxylic acids is 2. The maximum absolute atomic E-state index is 13.3. The van der Waals surface area contributed by atoms with Gasteiger partial charge in [-0.3, -0.25) is 9.69 Å². The standard InChI is InChI=1S/C20H16F3N3O3/c1-2-19(12-27)17(28)25(18(29)26(19)14-6-4-3-5-7-14)15-9-8-13(11-24)16(10-15)20(21,22)23/h3-10,27H,2,12H2,1H3. The third-order valence-electron chi connectivity index (χ3n) is 4.96. The molecule has 3 amide bonds. The lowest BCUT2D eigenvalue weighted by Crippen LogP contribution is -2.52. The summed E-state index contributed by atoms with van der Waals surface area (Å²) in [5.41, 5.74) is -3.51. The lowest BCUT2D eigenvalue weighted by Gasteiger charge is -2.32. The number of aliphatic hydroxyl groups is 1. The van der Waals surface area contributed by atoms with E-state index in [1.165, 1.54) is 6.07 Å². The second-order valence-electron chi connectivity index (χ2n) is 6.48. The van der Waals surface area contributed by atoms with Crippen molar-refractivity contribution < 1.29 is 27.9 Å². The van der Waals surface area contributed by atoms with Crippen molar-refractivity contribution in [2.45, 2.75) is 25.1 Å². The second-order valence-corrected chi connectivity index (χ2v) is 6.48. The van der Waals surface area contributed by atoms with Gasteiger partial charge in [0.05, 0.1) is 29.5 Å². The third kappa shape index (κ3) is 3.11. The number of nitriles is 1. The van der Waals surface area contributed by atoms with Gasteiger partial charge in [0.2, 0.25) is 0 Å². The number of urea groups is 1. The van der Waals surface area contributed by atoms with E-state index in [1.807, 2.05) is 0 Å². The lowest BCUT2D eigenvalue weighted by atomic mass is 9.94. The molecule has 3 rings (SSSR count). The maximum atomic E-state index is 13.3. The van der Waals surface area contributed by atoms with Crippen molar-refractivity contribution in [1.82, 2.24) is 0 Å². The topological polar surface area (TPSA) is 84.6 Å². The van der Waals surface area contributed by atoms with E-state index in [4.69, 9.17) is 5.26 Å². The Balaban J connectivity index is 2.18. The fraction of sp³-hybridized carbons (Fsp3) is 0.250. The first-order chi connectivity index (χ1) is 13.7. The number of para-hydroxylation sites is 1. The third-order valence-corrected chi connectivity index (χ3v) is 4.96. The molecule has 1 atom stereocenters. The van der Waals surface area contributed by atoms with Crippen LogP contribution in [0.5, 0.6) is 0 Å². The average molecular weight is 403 g/mol. The fourth-order valence-corrected chi connectivity index (χ4v) is 3.40. The van der Waals surface area contributed by atoms with Crippen molar-refractivity contribution in [2.75, 3.05) is 16.4 Å². The summed E-state index contributed by atoms with van der Waals surface area (Å²) in [7, 11) is 0. The highest BCUT2D eigenvalue weighted by molar-refractivity contribution is 6.30. The van der Waals surface area contributed by atoms with Gasteiger partial charge in [-0.2, -0.15) is 18.4 Å². The zero-order valence-corrected chi connectivity index (χ0v) is 15.3. The first-order valence-corrected chi connectivity index (χ1v) is 8.67. The normalized spacial score (nSPS) is 19.6. The Kier molecular flexibility index (Phi) is 5.07. The number of nitrogens with zero attached hydrogens (tertiary/aromatic N) is 3. The number of alkyl halides is 3. The predicted molar refractivity (Wildman–Crippen MR) is 98.1 cm³/mol. The summed E-state index contributed by atoms with van der Waals surface area (Å²) < 4.78 is 40.0. The molecule has 2 aromatic rings. The molecule has 0 bridgehead atoms. The molecule has 1 aliphatic heterocycles. The smallest absolute Gasteiger partial charge is 0.393 e. The van der Waals surface area contributed by atoms with E-state index in [0.29, 0.717) is 16.7 Å². The van der Waals surface area contributed by atoms with Crippen LogP contribution in [0.4, 0.5) is 29.3 Å². The molecule has 150 valence electrons. The van der Waals surface area contributed by atoms with Crippen LogP contribution in [-0.2, 0) is 11.0 Å². The molecular formula is C20H16F3N3O3. The van der Waals surface area contributed by atoms with Gasteiger partial charge in [0.1, 0.15) is 0 Å². The first kappa shape index (κ1) is 20.4. The Morgan fingerprint density at radius 2 is 1.76 bits per heavy atom. The second kappa shape index (κ2) is 7.22. The summed E-state index contributed by atoms with van der Waals surface area (Å²) >= 11 is 0. The van der Waals surface area contributed by atoms with Gasteiger partial charge in [-0.05, 0) is 36.8 Å². The summed E-state index contributed by atoms with van der Waals surface area (Å²) in [5.74, 6) is -0.839. The van der Waals surface area contributed by atoms with Gasteiger partial charge >= 0.3 is 12.2 Å². The highest BCUT2D eigenvalue weighted by atomic mass is 19.4. The lowest BCUT2D eigenvalue weighted by molar-refractivity contribution is -0.137. The number of halogens is 3. The van der Waals surface area contributed by atoms with Crippen LogP contribution in [0.2, 0.25) is 0 Å². The molecule has 1 heterocycles. The Bertz CT molecular complexity index is 996. The van der Waals surface area contributed by atoms with E-state index in [9.17, 15) is 27.9 Å². The predicted octanol–water partition coefficient (Wildman–Crippen LogP) is 3.69. The number of imide groups is 1. The van der Waals surface area contributed by atoms with Crippen molar-refractivity contribution in [3.8, 4) is 6.07 Å². The molecule has 0 saturated carbocycles. The maximum Gasteiger partial charge on any atom is 0.417 e. The summed E-state index contributed by atoms with van der Waals surface area (Å²) in [6.07, 6.45) is -4.80. The van der Waals surface area contributed by atoms with E-state index in [0.717, 1.165) is 17.0 Å². The molecule has 1 aliphatic rings. The van der Waals surface area contributed by atoms with E-state index in [1.54, 1.807) is 37.3 Å². The summed E-state index contributed by atoms with van der Waals surface area (Å²) in [6.45, 7) is 0.892. The molecule has 1 saturated heterocycles. The minimum absolute atomic E-state index is 0.0435. The average Bonchev–Trinajstić information content (AvgIpc) is 2.94. The van der Waals surface area contributed by atoms with Crippen LogP contribution in [0, 0.1) is 11.3 Å². The van der Waals surface area contributed by atoms with Crippen molar-refractivity contribution in [2.24, 2.45) is 0 Å². The van der Waals surface area contributed by atoms with E-state index in [2.05, 4.69) is 0 Å². The Morgan fingerprint density at radius 1 is 1.10 bits per heavy atom. The molecular weight excluding hydrogens is 387 g/mol. The molecule has 0 aromatic heterocycles. The SMILES string of the molecule is CCC1(CO)C(=O)N(c2ccc(C#N)c(C(F)(F)F)c2)C(=O)N1c1ccccc1. The molecule has 1 fully saturated rings. The van der Waals surface area contributed by atoms with Crippen molar-refractivity contribution in [1.29, 1.82) is 5.26 Å². The van der Waals surface area contributed by atoms with Gasteiger partial charge in [0.15, 0.2) is 5.54 Å². The van der Waals surface area contributed by atoms with Crippen LogP contribution in [0.3, 0.4) is 0 Å². The number of amides is 3. The van der Waals surface area contributed by atoms with Gasteiger partial charge in [-0.1, -0.05) is 25.1 Å². The van der Waals surface area contributed by atoms with E-state index in [-0.39, 0.29) is 12.1 Å². The molecule has 1 unspecified atom stereocenters. The molecule has 0 radical (unpaired) electrons. The molecule has 0 spiro atoms. The summed E-state index contributed by atoms with van der Waals surface area (Å²) in [6, 6.07) is 11.3. The summed E-state index contributed by atoms with van der Waals surface area (Å²) in [5, 5.41) is 19.0. The van der Waals surface area contributed by atoms with Crippen LogP contribution in [0.25, 0.3) is 0 Å². The molecule has 2 aromatic carbocycles. The molecule has 29 heavy (non-hydrogen) atoms.